The van der Waals surface area contributed by atoms with Crippen molar-refractivity contribution in [1.82, 2.24) is 4.98 Å². The Morgan fingerprint density at radius 3 is 2.18 bits per heavy atom. The van der Waals surface area contributed by atoms with Gasteiger partial charge in [-0.1, -0.05) is 0 Å². The highest BCUT2D eigenvalue weighted by Crippen LogP contribution is 2.26. The molecule has 0 bridgehead atoms. The van der Waals surface area contributed by atoms with E-state index >= 15 is 0 Å². The van der Waals surface area contributed by atoms with Gasteiger partial charge < -0.3 is 4.42 Å². The minimum Gasteiger partial charge on any atom is -0.441 e. The summed E-state index contributed by atoms with van der Waals surface area (Å²) in [5, 5.41) is 0. The summed E-state index contributed by atoms with van der Waals surface area (Å²) in [5.74, 6) is 1.22. The van der Waals surface area contributed by atoms with Crippen LogP contribution < -0.4 is 0 Å². The normalized spacial score (nSPS) is 11.7. The molecule has 0 aliphatic heterocycles. The van der Waals surface area contributed by atoms with Crippen LogP contribution in [-0.2, 0) is 9.05 Å². The fourth-order valence-corrected chi connectivity index (χ4v) is 2.34. The number of aryl methyl sites for hydroxylation is 2. The standard InChI is InChI=1S/C11H10ClNO3S/c1-7-11(16-8(2)13-7)9-3-5-10(6-4-9)17(12,14)15/h3-6H,1-2H3. The average molecular weight is 272 g/mol. The lowest BCUT2D eigenvalue weighted by atomic mass is 10.1. The monoisotopic (exact) mass is 271 g/mol. The summed E-state index contributed by atoms with van der Waals surface area (Å²) in [6, 6.07) is 6.16. The van der Waals surface area contributed by atoms with E-state index in [1.807, 2.05) is 6.92 Å². The van der Waals surface area contributed by atoms with Gasteiger partial charge in [0.15, 0.2) is 11.7 Å². The smallest absolute Gasteiger partial charge is 0.261 e. The molecule has 0 saturated carbocycles. The number of aromatic nitrogens is 1. The molecule has 1 heterocycles. The molecule has 0 atom stereocenters. The van der Waals surface area contributed by atoms with E-state index in [4.69, 9.17) is 15.1 Å². The third-order valence-electron chi connectivity index (χ3n) is 2.30. The largest absolute Gasteiger partial charge is 0.441 e. The van der Waals surface area contributed by atoms with Crippen molar-refractivity contribution in [3.8, 4) is 11.3 Å². The van der Waals surface area contributed by atoms with Crippen molar-refractivity contribution in [2.24, 2.45) is 0 Å². The van der Waals surface area contributed by atoms with E-state index in [1.165, 1.54) is 12.1 Å². The van der Waals surface area contributed by atoms with Crippen LogP contribution in [0.5, 0.6) is 0 Å². The number of oxazole rings is 1. The summed E-state index contributed by atoms with van der Waals surface area (Å²) < 4.78 is 27.6. The van der Waals surface area contributed by atoms with Gasteiger partial charge in [-0.3, -0.25) is 0 Å². The molecule has 0 amide bonds. The molecule has 0 aliphatic carbocycles. The summed E-state index contributed by atoms with van der Waals surface area (Å²) in [7, 11) is 1.55. The summed E-state index contributed by atoms with van der Waals surface area (Å²) in [6.45, 7) is 3.59. The van der Waals surface area contributed by atoms with Crippen LogP contribution in [0.25, 0.3) is 11.3 Å². The molecule has 0 fully saturated rings. The highest BCUT2D eigenvalue weighted by molar-refractivity contribution is 8.13. The van der Waals surface area contributed by atoms with E-state index in [0.717, 1.165) is 11.3 Å². The van der Waals surface area contributed by atoms with E-state index < -0.39 is 9.05 Å². The van der Waals surface area contributed by atoms with Gasteiger partial charge in [0.2, 0.25) is 0 Å². The molecule has 0 saturated heterocycles. The molecule has 2 aromatic rings. The van der Waals surface area contributed by atoms with Crippen LogP contribution >= 0.6 is 10.7 Å². The van der Waals surface area contributed by atoms with Crippen LogP contribution in [0, 0.1) is 13.8 Å². The van der Waals surface area contributed by atoms with Crippen LogP contribution in [0.2, 0.25) is 0 Å². The molecule has 17 heavy (non-hydrogen) atoms. The first kappa shape index (κ1) is 12.1. The lowest BCUT2D eigenvalue weighted by Gasteiger charge is -1.99. The van der Waals surface area contributed by atoms with Crippen molar-refractivity contribution in [2.45, 2.75) is 18.7 Å². The number of hydrogen-bond acceptors (Lipinski definition) is 4. The van der Waals surface area contributed by atoms with Crippen molar-refractivity contribution < 1.29 is 12.8 Å². The van der Waals surface area contributed by atoms with Gasteiger partial charge in [-0.2, -0.15) is 0 Å². The van der Waals surface area contributed by atoms with Gasteiger partial charge >= 0.3 is 0 Å². The van der Waals surface area contributed by atoms with E-state index in [2.05, 4.69) is 4.98 Å². The number of halogens is 1. The molecule has 0 spiro atoms. The van der Waals surface area contributed by atoms with Crippen LogP contribution in [0.4, 0.5) is 0 Å². The van der Waals surface area contributed by atoms with E-state index in [1.54, 1.807) is 19.1 Å². The first-order chi connectivity index (χ1) is 7.88. The van der Waals surface area contributed by atoms with Gasteiger partial charge in [0, 0.05) is 23.2 Å². The quantitative estimate of drug-likeness (QED) is 0.788. The Balaban J connectivity index is 2.46. The van der Waals surface area contributed by atoms with Crippen molar-refractivity contribution in [3.63, 3.8) is 0 Å². The maximum atomic E-state index is 11.1. The Hall–Kier alpha value is -1.33. The second-order valence-corrected chi connectivity index (χ2v) is 6.18. The maximum absolute atomic E-state index is 11.1. The molecule has 0 radical (unpaired) electrons. The number of nitrogens with zero attached hydrogens (tertiary/aromatic N) is 1. The first-order valence-electron chi connectivity index (χ1n) is 4.87. The van der Waals surface area contributed by atoms with E-state index in [0.29, 0.717) is 11.7 Å². The zero-order chi connectivity index (χ0) is 12.6. The molecule has 1 aromatic carbocycles. The Kier molecular flexibility index (Phi) is 2.97. The Morgan fingerprint density at radius 1 is 1.18 bits per heavy atom. The SMILES string of the molecule is Cc1nc(C)c(-c2ccc(S(=O)(=O)Cl)cc2)o1. The highest BCUT2D eigenvalue weighted by Gasteiger charge is 2.12. The molecule has 4 nitrogen and oxygen atoms in total. The lowest BCUT2D eigenvalue weighted by Crippen LogP contribution is -1.89. The fraction of sp³-hybridized carbons (Fsp3) is 0.182. The minimum absolute atomic E-state index is 0.0665. The van der Waals surface area contributed by atoms with Crippen LogP contribution in [0.15, 0.2) is 33.6 Å². The molecule has 0 unspecified atom stereocenters. The van der Waals surface area contributed by atoms with Crippen molar-refractivity contribution in [3.05, 3.63) is 35.9 Å². The minimum atomic E-state index is -3.68. The highest BCUT2D eigenvalue weighted by atomic mass is 35.7. The Labute approximate surface area is 104 Å². The lowest BCUT2D eigenvalue weighted by molar-refractivity contribution is 0.534. The summed E-state index contributed by atoms with van der Waals surface area (Å²) in [5.41, 5.74) is 1.54. The van der Waals surface area contributed by atoms with Crippen molar-refractivity contribution >= 4 is 19.7 Å². The summed E-state index contributed by atoms with van der Waals surface area (Å²) in [6.07, 6.45) is 0. The Morgan fingerprint density at radius 2 is 1.76 bits per heavy atom. The molecule has 0 N–H and O–H groups in total. The van der Waals surface area contributed by atoms with Gasteiger partial charge in [0.05, 0.1) is 10.6 Å². The fourth-order valence-electron chi connectivity index (χ4n) is 1.57. The third-order valence-corrected chi connectivity index (χ3v) is 3.67. The van der Waals surface area contributed by atoms with Gasteiger partial charge in [-0.25, -0.2) is 13.4 Å². The summed E-state index contributed by atoms with van der Waals surface area (Å²) >= 11 is 0. The van der Waals surface area contributed by atoms with Crippen molar-refractivity contribution in [2.75, 3.05) is 0 Å². The number of rotatable bonds is 2. The molecular weight excluding hydrogens is 262 g/mol. The van der Waals surface area contributed by atoms with Gasteiger partial charge in [-0.05, 0) is 31.2 Å². The number of benzene rings is 1. The van der Waals surface area contributed by atoms with Crippen LogP contribution in [0.3, 0.4) is 0 Å². The maximum Gasteiger partial charge on any atom is 0.261 e. The molecule has 6 heteroatoms. The zero-order valence-electron chi connectivity index (χ0n) is 9.27. The summed E-state index contributed by atoms with van der Waals surface area (Å²) in [4.78, 5) is 4.21. The predicted molar refractivity (Wildman–Crippen MR) is 64.5 cm³/mol. The zero-order valence-corrected chi connectivity index (χ0v) is 10.8. The van der Waals surface area contributed by atoms with Crippen molar-refractivity contribution in [1.29, 1.82) is 0 Å². The van der Waals surface area contributed by atoms with Gasteiger partial charge in [0.25, 0.3) is 9.05 Å². The first-order valence-corrected chi connectivity index (χ1v) is 7.18. The molecular formula is C11H10ClNO3S. The predicted octanol–water partition coefficient (Wildman–Crippen LogP) is 2.89. The average Bonchev–Trinajstić information content (AvgIpc) is 2.57. The molecule has 90 valence electrons. The second kappa shape index (κ2) is 4.16. The molecule has 0 aliphatic rings. The van der Waals surface area contributed by atoms with Crippen LogP contribution in [-0.4, -0.2) is 13.4 Å². The second-order valence-electron chi connectivity index (χ2n) is 3.61. The molecule has 1 aromatic heterocycles. The third kappa shape index (κ3) is 2.50. The number of hydrogen-bond donors (Lipinski definition) is 0. The van der Waals surface area contributed by atoms with Crippen LogP contribution in [0.1, 0.15) is 11.6 Å². The van der Waals surface area contributed by atoms with E-state index in [9.17, 15) is 8.42 Å². The Bertz CT molecular complexity index is 644. The van der Waals surface area contributed by atoms with Gasteiger partial charge in [0.1, 0.15) is 0 Å². The molecule has 2 rings (SSSR count). The van der Waals surface area contributed by atoms with Gasteiger partial charge in [-0.15, -0.1) is 0 Å². The topological polar surface area (TPSA) is 60.2 Å². The van der Waals surface area contributed by atoms with E-state index in [-0.39, 0.29) is 4.90 Å².